The zero-order valence-corrected chi connectivity index (χ0v) is 10.8. The van der Waals surface area contributed by atoms with Crippen molar-refractivity contribution >= 4 is 0 Å². The summed E-state index contributed by atoms with van der Waals surface area (Å²) in [5.41, 5.74) is 0.797. The summed E-state index contributed by atoms with van der Waals surface area (Å²) >= 11 is 0. The van der Waals surface area contributed by atoms with Crippen LogP contribution in [0.2, 0.25) is 0 Å². The first-order chi connectivity index (χ1) is 8.92. The molecule has 0 amide bonds. The van der Waals surface area contributed by atoms with E-state index in [1.165, 1.54) is 12.8 Å². The molecule has 0 bridgehead atoms. The molecular formula is C12H18F3N3O. The fraction of sp³-hybridized carbons (Fsp3) is 0.750. The molecule has 0 atom stereocenters. The number of aromatic nitrogens is 1. The van der Waals surface area contributed by atoms with Crippen molar-refractivity contribution in [2.75, 3.05) is 13.6 Å². The predicted octanol–water partition coefficient (Wildman–Crippen LogP) is 2.31. The number of hydrogen-bond acceptors (Lipinski definition) is 4. The summed E-state index contributed by atoms with van der Waals surface area (Å²) in [4.78, 5) is 1.58. The maximum Gasteiger partial charge on any atom is 0.390 e. The number of nitrogens with one attached hydrogen (secondary N) is 1. The lowest BCUT2D eigenvalue weighted by molar-refractivity contribution is -0.137. The average Bonchev–Trinajstić information content (AvgIpc) is 3.04. The van der Waals surface area contributed by atoms with Gasteiger partial charge in [-0.15, -0.1) is 0 Å². The molecule has 0 radical (unpaired) electrons. The lowest BCUT2D eigenvalue weighted by Crippen LogP contribution is -2.23. The van der Waals surface area contributed by atoms with Gasteiger partial charge in [0.25, 0.3) is 0 Å². The van der Waals surface area contributed by atoms with Crippen LogP contribution in [0.15, 0.2) is 10.6 Å². The van der Waals surface area contributed by atoms with Crippen molar-refractivity contribution in [2.45, 2.75) is 44.6 Å². The number of halogens is 3. The maximum absolute atomic E-state index is 12.1. The highest BCUT2D eigenvalue weighted by molar-refractivity contribution is 5.05. The van der Waals surface area contributed by atoms with Crippen LogP contribution in [0.5, 0.6) is 0 Å². The van der Waals surface area contributed by atoms with Crippen LogP contribution in [0.1, 0.15) is 30.7 Å². The highest BCUT2D eigenvalue weighted by Gasteiger charge is 2.27. The number of alkyl halides is 3. The highest BCUT2D eigenvalue weighted by atomic mass is 19.4. The molecule has 1 aliphatic rings. The van der Waals surface area contributed by atoms with Gasteiger partial charge in [-0.3, -0.25) is 4.90 Å². The number of nitrogens with zero attached hydrogens (tertiary/aromatic N) is 2. The van der Waals surface area contributed by atoms with Crippen LogP contribution in [0.4, 0.5) is 13.2 Å². The van der Waals surface area contributed by atoms with Gasteiger partial charge in [0.1, 0.15) is 0 Å². The first-order valence-corrected chi connectivity index (χ1v) is 6.35. The Morgan fingerprint density at radius 2 is 2.21 bits per heavy atom. The zero-order chi connectivity index (χ0) is 13.9. The van der Waals surface area contributed by atoms with E-state index in [2.05, 4.69) is 10.5 Å². The Labute approximate surface area is 109 Å². The Bertz CT molecular complexity index is 401. The Morgan fingerprint density at radius 1 is 1.47 bits per heavy atom. The third-order valence-corrected chi connectivity index (χ3v) is 2.96. The second-order valence-electron chi connectivity index (χ2n) is 5.04. The second kappa shape index (κ2) is 5.92. The molecule has 19 heavy (non-hydrogen) atoms. The van der Waals surface area contributed by atoms with E-state index in [0.29, 0.717) is 24.9 Å². The molecule has 0 aromatic carbocycles. The SMILES string of the molecule is CN(CCC(F)(F)F)Cc1cc(CNC2CC2)no1. The van der Waals surface area contributed by atoms with Gasteiger partial charge in [-0.1, -0.05) is 5.16 Å². The molecule has 1 fully saturated rings. The Morgan fingerprint density at radius 3 is 2.84 bits per heavy atom. The van der Waals surface area contributed by atoms with Crippen LogP contribution < -0.4 is 5.32 Å². The summed E-state index contributed by atoms with van der Waals surface area (Å²) < 4.78 is 41.3. The van der Waals surface area contributed by atoms with Crippen LogP contribution in [0.3, 0.4) is 0 Å². The van der Waals surface area contributed by atoms with E-state index in [4.69, 9.17) is 4.52 Å². The standard InChI is InChI=1S/C12H18F3N3O/c1-18(5-4-12(13,14)15)8-11-6-10(17-19-11)7-16-9-2-3-9/h6,9,16H,2-5,7-8H2,1H3. The van der Waals surface area contributed by atoms with Gasteiger partial charge in [-0.25, -0.2) is 0 Å². The topological polar surface area (TPSA) is 41.3 Å². The van der Waals surface area contributed by atoms with Crippen LogP contribution in [-0.2, 0) is 13.1 Å². The molecule has 1 aromatic rings. The summed E-state index contributed by atoms with van der Waals surface area (Å²) in [6, 6.07) is 2.38. The van der Waals surface area contributed by atoms with E-state index in [-0.39, 0.29) is 6.54 Å². The molecule has 1 aromatic heterocycles. The molecule has 1 aliphatic carbocycles. The average molecular weight is 277 g/mol. The fourth-order valence-electron chi connectivity index (χ4n) is 1.71. The van der Waals surface area contributed by atoms with Gasteiger partial charge in [-0.2, -0.15) is 13.2 Å². The van der Waals surface area contributed by atoms with Crippen molar-refractivity contribution in [1.29, 1.82) is 0 Å². The molecule has 2 rings (SSSR count). The number of hydrogen-bond donors (Lipinski definition) is 1. The molecule has 0 unspecified atom stereocenters. The van der Waals surface area contributed by atoms with Crippen LogP contribution in [-0.4, -0.2) is 35.9 Å². The van der Waals surface area contributed by atoms with Gasteiger partial charge in [0, 0.05) is 25.2 Å². The molecular weight excluding hydrogens is 259 g/mol. The summed E-state index contributed by atoms with van der Waals surface area (Å²) in [5, 5.41) is 7.19. The normalized spacial score (nSPS) is 16.3. The van der Waals surface area contributed by atoms with Gasteiger partial charge >= 0.3 is 6.18 Å². The van der Waals surface area contributed by atoms with Crippen LogP contribution >= 0.6 is 0 Å². The van der Waals surface area contributed by atoms with Gasteiger partial charge in [-0.05, 0) is 19.9 Å². The second-order valence-corrected chi connectivity index (χ2v) is 5.04. The molecule has 1 heterocycles. The quantitative estimate of drug-likeness (QED) is 0.830. The molecule has 0 spiro atoms. The van der Waals surface area contributed by atoms with Gasteiger partial charge in [0.15, 0.2) is 5.76 Å². The lowest BCUT2D eigenvalue weighted by atomic mass is 10.3. The maximum atomic E-state index is 12.1. The molecule has 1 N–H and O–H groups in total. The zero-order valence-electron chi connectivity index (χ0n) is 10.8. The number of rotatable bonds is 7. The Balaban J connectivity index is 1.71. The van der Waals surface area contributed by atoms with Crippen molar-refractivity contribution < 1.29 is 17.7 Å². The Kier molecular flexibility index (Phi) is 4.46. The van der Waals surface area contributed by atoms with Crippen LogP contribution in [0, 0.1) is 0 Å². The van der Waals surface area contributed by atoms with Crippen molar-refractivity contribution in [1.82, 2.24) is 15.4 Å². The summed E-state index contributed by atoms with van der Waals surface area (Å²) in [7, 11) is 1.64. The summed E-state index contributed by atoms with van der Waals surface area (Å²) in [6.07, 6.45) is -2.53. The van der Waals surface area contributed by atoms with E-state index in [0.717, 1.165) is 5.69 Å². The summed E-state index contributed by atoms with van der Waals surface area (Å²) in [5.74, 6) is 0.595. The fourth-order valence-corrected chi connectivity index (χ4v) is 1.71. The third-order valence-electron chi connectivity index (χ3n) is 2.96. The summed E-state index contributed by atoms with van der Waals surface area (Å²) in [6.45, 7) is 0.951. The predicted molar refractivity (Wildman–Crippen MR) is 63.4 cm³/mol. The lowest BCUT2D eigenvalue weighted by Gasteiger charge is -2.15. The smallest absolute Gasteiger partial charge is 0.360 e. The largest absolute Gasteiger partial charge is 0.390 e. The highest BCUT2D eigenvalue weighted by Crippen LogP contribution is 2.20. The molecule has 108 valence electrons. The van der Waals surface area contributed by atoms with Gasteiger partial charge in [0.05, 0.1) is 18.7 Å². The molecule has 1 saturated carbocycles. The molecule has 0 saturated heterocycles. The minimum atomic E-state index is -4.12. The minimum absolute atomic E-state index is 0.0418. The molecule has 4 nitrogen and oxygen atoms in total. The van der Waals surface area contributed by atoms with E-state index in [9.17, 15) is 13.2 Å². The van der Waals surface area contributed by atoms with Gasteiger partial charge < -0.3 is 9.84 Å². The van der Waals surface area contributed by atoms with Crippen LogP contribution in [0.25, 0.3) is 0 Å². The Hall–Kier alpha value is -1.08. The van der Waals surface area contributed by atoms with Crippen molar-refractivity contribution in [3.8, 4) is 0 Å². The first kappa shape index (κ1) is 14.3. The van der Waals surface area contributed by atoms with E-state index < -0.39 is 12.6 Å². The van der Waals surface area contributed by atoms with Crippen molar-refractivity contribution in [2.24, 2.45) is 0 Å². The van der Waals surface area contributed by atoms with Gasteiger partial charge in [0.2, 0.25) is 0 Å². The minimum Gasteiger partial charge on any atom is -0.360 e. The first-order valence-electron chi connectivity index (χ1n) is 6.35. The van der Waals surface area contributed by atoms with E-state index >= 15 is 0 Å². The molecule has 7 heteroatoms. The van der Waals surface area contributed by atoms with Crippen molar-refractivity contribution in [3.05, 3.63) is 17.5 Å². The molecule has 0 aliphatic heterocycles. The monoisotopic (exact) mass is 277 g/mol. The van der Waals surface area contributed by atoms with E-state index in [1.807, 2.05) is 0 Å². The third kappa shape index (κ3) is 5.61. The van der Waals surface area contributed by atoms with Crippen molar-refractivity contribution in [3.63, 3.8) is 0 Å². The van der Waals surface area contributed by atoms with E-state index in [1.54, 1.807) is 18.0 Å².